The Hall–Kier alpha value is -1.63. The zero-order valence-corrected chi connectivity index (χ0v) is 11.9. The van der Waals surface area contributed by atoms with Crippen molar-refractivity contribution in [1.29, 1.82) is 5.26 Å². The molecule has 0 aliphatic heterocycles. The normalized spacial score (nSPS) is 14.8. The Morgan fingerprint density at radius 3 is 2.58 bits per heavy atom. The summed E-state index contributed by atoms with van der Waals surface area (Å²) in [5, 5.41) is 21.1. The van der Waals surface area contributed by atoms with Gasteiger partial charge in [-0.3, -0.25) is 0 Å². The highest BCUT2D eigenvalue weighted by Crippen LogP contribution is 2.29. The number of aryl methyl sites for hydroxylation is 1. The van der Waals surface area contributed by atoms with Gasteiger partial charge in [-0.2, -0.15) is 10.4 Å². The van der Waals surface area contributed by atoms with Gasteiger partial charge in [0.15, 0.2) is 5.82 Å². The number of rotatable bonds is 6. The fraction of sp³-hybridized carbons (Fsp3) is 0.667. The van der Waals surface area contributed by atoms with Crippen molar-refractivity contribution >= 4 is 5.82 Å². The molecule has 0 spiro atoms. The molecule has 102 valence electrons. The van der Waals surface area contributed by atoms with Gasteiger partial charge in [0.25, 0.3) is 0 Å². The molecule has 1 aromatic heterocycles. The molecule has 1 fully saturated rings. The van der Waals surface area contributed by atoms with Crippen LogP contribution < -0.4 is 5.32 Å². The third-order valence-electron chi connectivity index (χ3n) is 4.03. The smallest absolute Gasteiger partial charge is 0.166 e. The molecule has 0 atom stereocenters. The average molecular weight is 258 g/mol. The number of nitriles is 1. The van der Waals surface area contributed by atoms with Crippen molar-refractivity contribution in [3.8, 4) is 6.07 Å². The lowest BCUT2D eigenvalue weighted by Crippen LogP contribution is -2.17. The molecule has 0 unspecified atom stereocenters. The molecule has 1 aliphatic carbocycles. The van der Waals surface area contributed by atoms with Crippen LogP contribution in [0, 0.1) is 17.2 Å². The van der Waals surface area contributed by atoms with Crippen LogP contribution in [0.4, 0.5) is 5.82 Å². The fourth-order valence-electron chi connectivity index (χ4n) is 2.59. The van der Waals surface area contributed by atoms with Gasteiger partial charge < -0.3 is 5.32 Å². The molecule has 19 heavy (non-hydrogen) atoms. The minimum absolute atomic E-state index is 0.663. The minimum Gasteiger partial charge on any atom is -0.367 e. The van der Waals surface area contributed by atoms with Gasteiger partial charge in [0.2, 0.25) is 0 Å². The lowest BCUT2D eigenvalue weighted by atomic mass is 9.83. The number of aromatic nitrogens is 2. The second-order valence-electron chi connectivity index (χ2n) is 5.18. The first-order chi connectivity index (χ1) is 9.30. The van der Waals surface area contributed by atoms with E-state index in [1.165, 1.54) is 25.7 Å². The molecule has 1 aromatic rings. The molecule has 4 nitrogen and oxygen atoms in total. The molecule has 4 heteroatoms. The van der Waals surface area contributed by atoms with E-state index in [1.54, 1.807) is 0 Å². The van der Waals surface area contributed by atoms with E-state index in [9.17, 15) is 5.26 Å². The number of nitrogens with zero attached hydrogens (tertiary/aromatic N) is 3. The van der Waals surface area contributed by atoms with Crippen LogP contribution in [0.3, 0.4) is 0 Å². The van der Waals surface area contributed by atoms with Crippen LogP contribution >= 0.6 is 0 Å². The summed E-state index contributed by atoms with van der Waals surface area (Å²) in [6, 6.07) is 2.29. The Bertz CT molecular complexity index is 472. The Morgan fingerprint density at radius 2 is 2.05 bits per heavy atom. The summed E-state index contributed by atoms with van der Waals surface area (Å²) in [5.41, 5.74) is 2.68. The van der Waals surface area contributed by atoms with Crippen molar-refractivity contribution in [2.75, 3.05) is 11.9 Å². The van der Waals surface area contributed by atoms with Crippen molar-refractivity contribution in [1.82, 2.24) is 10.2 Å². The third kappa shape index (κ3) is 3.04. The van der Waals surface area contributed by atoms with Crippen LogP contribution in [-0.2, 0) is 12.8 Å². The van der Waals surface area contributed by atoms with Gasteiger partial charge in [-0.15, -0.1) is 5.10 Å². The number of hydrogen-bond acceptors (Lipinski definition) is 4. The van der Waals surface area contributed by atoms with Crippen molar-refractivity contribution in [3.05, 3.63) is 16.8 Å². The zero-order chi connectivity index (χ0) is 13.7. The second kappa shape index (κ2) is 6.51. The van der Waals surface area contributed by atoms with E-state index < -0.39 is 0 Å². The van der Waals surface area contributed by atoms with Gasteiger partial charge in [0.05, 0.1) is 5.69 Å². The first-order valence-electron chi connectivity index (χ1n) is 7.32. The van der Waals surface area contributed by atoms with Crippen LogP contribution in [0.15, 0.2) is 0 Å². The molecule has 2 rings (SSSR count). The molecule has 1 N–H and O–H groups in total. The number of anilines is 1. The highest BCUT2D eigenvalue weighted by Gasteiger charge is 2.18. The first-order valence-corrected chi connectivity index (χ1v) is 7.32. The van der Waals surface area contributed by atoms with Crippen molar-refractivity contribution in [2.24, 2.45) is 5.92 Å². The Kier molecular flexibility index (Phi) is 4.73. The van der Waals surface area contributed by atoms with E-state index in [-0.39, 0.29) is 0 Å². The highest BCUT2D eigenvalue weighted by atomic mass is 15.2. The molecular formula is C15H22N4. The molecule has 1 heterocycles. The summed E-state index contributed by atoms with van der Waals surface area (Å²) >= 11 is 0. The third-order valence-corrected chi connectivity index (χ3v) is 4.03. The zero-order valence-electron chi connectivity index (χ0n) is 11.9. The largest absolute Gasteiger partial charge is 0.367 e. The monoisotopic (exact) mass is 258 g/mol. The quantitative estimate of drug-likeness (QED) is 0.851. The maximum absolute atomic E-state index is 9.36. The molecule has 0 saturated heterocycles. The van der Waals surface area contributed by atoms with Crippen LogP contribution in [0.25, 0.3) is 0 Å². The lowest BCUT2D eigenvalue weighted by molar-refractivity contribution is 0.303. The fourth-order valence-corrected chi connectivity index (χ4v) is 2.59. The predicted molar refractivity (Wildman–Crippen MR) is 76.0 cm³/mol. The topological polar surface area (TPSA) is 61.6 Å². The summed E-state index contributed by atoms with van der Waals surface area (Å²) in [7, 11) is 0. The minimum atomic E-state index is 0.663. The van der Waals surface area contributed by atoms with E-state index in [4.69, 9.17) is 0 Å². The summed E-state index contributed by atoms with van der Waals surface area (Å²) in [6.07, 6.45) is 6.91. The Labute approximate surface area is 115 Å². The number of hydrogen-bond donors (Lipinski definition) is 1. The van der Waals surface area contributed by atoms with Crippen molar-refractivity contribution in [2.45, 2.75) is 52.4 Å². The van der Waals surface area contributed by atoms with Crippen LogP contribution in [0.5, 0.6) is 0 Å². The van der Waals surface area contributed by atoms with Gasteiger partial charge in [0, 0.05) is 6.54 Å². The van der Waals surface area contributed by atoms with Gasteiger partial charge in [-0.1, -0.05) is 33.1 Å². The SMILES string of the molecule is CCc1nnc(NCCC2CCC2)c(C#N)c1CC. The van der Waals surface area contributed by atoms with Crippen LogP contribution in [0.1, 0.15) is 56.4 Å². The summed E-state index contributed by atoms with van der Waals surface area (Å²) in [5.74, 6) is 1.53. The van der Waals surface area contributed by atoms with Crippen molar-refractivity contribution < 1.29 is 0 Å². The molecule has 1 aliphatic rings. The number of nitrogens with one attached hydrogen (secondary N) is 1. The molecule has 0 amide bonds. The van der Waals surface area contributed by atoms with E-state index in [0.717, 1.165) is 36.6 Å². The summed E-state index contributed by atoms with van der Waals surface area (Å²) in [6.45, 7) is 5.01. The summed E-state index contributed by atoms with van der Waals surface area (Å²) < 4.78 is 0. The van der Waals surface area contributed by atoms with Crippen molar-refractivity contribution in [3.63, 3.8) is 0 Å². The maximum Gasteiger partial charge on any atom is 0.166 e. The standard InChI is InChI=1S/C15H22N4/c1-3-12-13(10-16)15(19-18-14(12)4-2)17-9-8-11-6-5-7-11/h11H,3-9H2,1-2H3,(H,17,19). The maximum atomic E-state index is 9.36. The molecule has 0 bridgehead atoms. The predicted octanol–water partition coefficient (Wildman–Crippen LogP) is 3.08. The van der Waals surface area contributed by atoms with Gasteiger partial charge >= 0.3 is 0 Å². The molecule has 0 aromatic carbocycles. The average Bonchev–Trinajstić information content (AvgIpc) is 2.40. The van der Waals surface area contributed by atoms with Crippen LogP contribution in [0.2, 0.25) is 0 Å². The molecule has 0 radical (unpaired) electrons. The van der Waals surface area contributed by atoms with E-state index >= 15 is 0 Å². The van der Waals surface area contributed by atoms with E-state index in [0.29, 0.717) is 11.4 Å². The van der Waals surface area contributed by atoms with Gasteiger partial charge in [-0.25, -0.2) is 0 Å². The molecule has 1 saturated carbocycles. The Morgan fingerprint density at radius 1 is 1.26 bits per heavy atom. The summed E-state index contributed by atoms with van der Waals surface area (Å²) in [4.78, 5) is 0. The highest BCUT2D eigenvalue weighted by molar-refractivity contribution is 5.56. The van der Waals surface area contributed by atoms with E-state index in [2.05, 4.69) is 28.5 Å². The second-order valence-corrected chi connectivity index (χ2v) is 5.18. The van der Waals surface area contributed by atoms with Crippen LogP contribution in [-0.4, -0.2) is 16.7 Å². The molecular weight excluding hydrogens is 236 g/mol. The van der Waals surface area contributed by atoms with Gasteiger partial charge in [-0.05, 0) is 30.7 Å². The first kappa shape index (κ1) is 13.8. The lowest BCUT2D eigenvalue weighted by Gasteiger charge is -2.25. The van der Waals surface area contributed by atoms with E-state index in [1.807, 2.05) is 6.92 Å². The Balaban J connectivity index is 2.08. The van der Waals surface area contributed by atoms with Gasteiger partial charge in [0.1, 0.15) is 11.6 Å².